The maximum atomic E-state index is 12.3. The lowest BCUT2D eigenvalue weighted by molar-refractivity contribution is -0.119. The molecule has 2 amide bonds. The molecule has 120 valence electrons. The molecule has 1 aliphatic heterocycles. The standard InChI is InChI=1S/C17H18N2O3S/c1-10-2-5-12(22-10)9-18-16(20)15-8-13-14(23-15)6-7-19(13)17(21)11-3-4-11/h2,5,8,11H,3-4,6-7,9H2,1H3,(H,18,20). The molecule has 5 nitrogen and oxygen atoms in total. The second kappa shape index (κ2) is 5.53. The minimum absolute atomic E-state index is 0.114. The van der Waals surface area contributed by atoms with Gasteiger partial charge in [0.25, 0.3) is 5.91 Å². The molecule has 0 saturated heterocycles. The normalized spacial score (nSPS) is 16.5. The summed E-state index contributed by atoms with van der Waals surface area (Å²) < 4.78 is 5.45. The molecule has 0 aromatic carbocycles. The molecule has 3 heterocycles. The highest BCUT2D eigenvalue weighted by Crippen LogP contribution is 2.40. The van der Waals surface area contributed by atoms with E-state index in [1.807, 2.05) is 30.0 Å². The van der Waals surface area contributed by atoms with Crippen LogP contribution in [-0.2, 0) is 17.8 Å². The van der Waals surface area contributed by atoms with Gasteiger partial charge in [-0.2, -0.15) is 0 Å². The summed E-state index contributed by atoms with van der Waals surface area (Å²) in [5, 5.41) is 2.87. The lowest BCUT2D eigenvalue weighted by atomic mass is 10.3. The van der Waals surface area contributed by atoms with Gasteiger partial charge in [0.15, 0.2) is 0 Å². The predicted molar refractivity (Wildman–Crippen MR) is 87.7 cm³/mol. The van der Waals surface area contributed by atoms with Crippen LogP contribution in [-0.4, -0.2) is 18.4 Å². The molecule has 2 aromatic rings. The lowest BCUT2D eigenvalue weighted by Crippen LogP contribution is -2.30. The van der Waals surface area contributed by atoms with Crippen molar-refractivity contribution < 1.29 is 14.0 Å². The maximum Gasteiger partial charge on any atom is 0.261 e. The van der Waals surface area contributed by atoms with Crippen LogP contribution in [0.3, 0.4) is 0 Å². The third-order valence-electron chi connectivity index (χ3n) is 4.28. The molecule has 4 rings (SSSR count). The van der Waals surface area contributed by atoms with E-state index in [1.54, 1.807) is 0 Å². The van der Waals surface area contributed by atoms with E-state index < -0.39 is 0 Å². The smallest absolute Gasteiger partial charge is 0.261 e. The highest BCUT2D eigenvalue weighted by Gasteiger charge is 2.37. The van der Waals surface area contributed by atoms with Gasteiger partial charge in [0.05, 0.1) is 17.1 Å². The molecule has 6 heteroatoms. The zero-order chi connectivity index (χ0) is 16.0. The van der Waals surface area contributed by atoms with Gasteiger partial charge in [0.1, 0.15) is 11.5 Å². The quantitative estimate of drug-likeness (QED) is 0.937. The molecule has 1 aliphatic carbocycles. The molecule has 1 fully saturated rings. The van der Waals surface area contributed by atoms with Crippen LogP contribution in [0.25, 0.3) is 0 Å². The van der Waals surface area contributed by atoms with Gasteiger partial charge >= 0.3 is 0 Å². The van der Waals surface area contributed by atoms with Crippen molar-refractivity contribution in [1.29, 1.82) is 0 Å². The Hall–Kier alpha value is -2.08. The third-order valence-corrected chi connectivity index (χ3v) is 5.46. The number of nitrogens with zero attached hydrogens (tertiary/aromatic N) is 1. The van der Waals surface area contributed by atoms with Crippen molar-refractivity contribution in [3.8, 4) is 0 Å². The Morgan fingerprint density at radius 3 is 2.91 bits per heavy atom. The van der Waals surface area contributed by atoms with Gasteiger partial charge in [-0.1, -0.05) is 0 Å². The Bertz CT molecular complexity index is 773. The van der Waals surface area contributed by atoms with Crippen LogP contribution in [0.15, 0.2) is 22.6 Å². The van der Waals surface area contributed by atoms with Crippen LogP contribution in [0.4, 0.5) is 5.69 Å². The molecule has 0 bridgehead atoms. The average Bonchev–Trinajstić information content (AvgIpc) is 2.98. The molecule has 0 spiro atoms. The number of fused-ring (bicyclic) bond motifs is 1. The lowest BCUT2D eigenvalue weighted by Gasteiger charge is -2.15. The zero-order valence-electron chi connectivity index (χ0n) is 12.9. The predicted octanol–water partition coefficient (Wildman–Crippen LogP) is 2.88. The van der Waals surface area contributed by atoms with Crippen molar-refractivity contribution in [2.45, 2.75) is 32.7 Å². The Kier molecular flexibility index (Phi) is 3.49. The molecule has 2 aliphatic rings. The fourth-order valence-corrected chi connectivity index (χ4v) is 3.95. The first-order valence-corrected chi connectivity index (χ1v) is 8.71. The fraction of sp³-hybridized carbons (Fsp3) is 0.412. The summed E-state index contributed by atoms with van der Waals surface area (Å²) in [7, 11) is 0. The van der Waals surface area contributed by atoms with E-state index in [1.165, 1.54) is 11.3 Å². The van der Waals surface area contributed by atoms with Crippen LogP contribution in [0, 0.1) is 12.8 Å². The SMILES string of the molecule is Cc1ccc(CNC(=O)c2cc3c(s2)CCN3C(=O)C2CC2)o1. The van der Waals surface area contributed by atoms with Crippen molar-refractivity contribution in [3.63, 3.8) is 0 Å². The summed E-state index contributed by atoms with van der Waals surface area (Å²) in [4.78, 5) is 28.2. The zero-order valence-corrected chi connectivity index (χ0v) is 13.7. The number of rotatable bonds is 4. The number of anilines is 1. The Balaban J connectivity index is 1.44. The number of carbonyl (C=O) groups is 2. The van der Waals surface area contributed by atoms with E-state index >= 15 is 0 Å². The monoisotopic (exact) mass is 330 g/mol. The van der Waals surface area contributed by atoms with Gasteiger partial charge in [0, 0.05) is 23.8 Å². The summed E-state index contributed by atoms with van der Waals surface area (Å²) >= 11 is 1.49. The molecule has 23 heavy (non-hydrogen) atoms. The van der Waals surface area contributed by atoms with Crippen LogP contribution >= 0.6 is 11.3 Å². The number of amides is 2. The topological polar surface area (TPSA) is 62.6 Å². The summed E-state index contributed by atoms with van der Waals surface area (Å²) in [5.74, 6) is 1.89. The number of hydrogen-bond donors (Lipinski definition) is 1. The van der Waals surface area contributed by atoms with Gasteiger partial charge in [-0.05, 0) is 38.0 Å². The number of thiophene rings is 1. The molecule has 0 radical (unpaired) electrons. The molecule has 1 saturated carbocycles. The number of aryl methyl sites for hydroxylation is 1. The van der Waals surface area contributed by atoms with E-state index in [2.05, 4.69) is 5.32 Å². The van der Waals surface area contributed by atoms with Gasteiger partial charge in [-0.25, -0.2) is 0 Å². The summed E-state index contributed by atoms with van der Waals surface area (Å²) in [5.41, 5.74) is 0.936. The van der Waals surface area contributed by atoms with Crippen LogP contribution in [0.1, 0.15) is 38.9 Å². The molecular weight excluding hydrogens is 312 g/mol. The number of carbonyl (C=O) groups excluding carboxylic acids is 2. The molecule has 0 atom stereocenters. The molecule has 0 unspecified atom stereocenters. The Labute approximate surface area is 138 Å². The average molecular weight is 330 g/mol. The van der Waals surface area contributed by atoms with Crippen molar-refractivity contribution in [1.82, 2.24) is 5.32 Å². The summed E-state index contributed by atoms with van der Waals surface area (Å²) in [6, 6.07) is 5.60. The number of furan rings is 1. The second-order valence-corrected chi connectivity index (χ2v) is 7.27. The van der Waals surface area contributed by atoms with Crippen molar-refractivity contribution in [3.05, 3.63) is 39.5 Å². The summed E-state index contributed by atoms with van der Waals surface area (Å²) in [6.45, 7) is 3.00. The molecule has 1 N–H and O–H groups in total. The van der Waals surface area contributed by atoms with Gasteiger partial charge < -0.3 is 14.6 Å². The maximum absolute atomic E-state index is 12.3. The largest absolute Gasteiger partial charge is 0.465 e. The van der Waals surface area contributed by atoms with Crippen molar-refractivity contribution >= 4 is 28.8 Å². The summed E-state index contributed by atoms with van der Waals surface area (Å²) in [6.07, 6.45) is 2.86. The van der Waals surface area contributed by atoms with E-state index in [0.717, 1.165) is 47.9 Å². The third kappa shape index (κ3) is 2.79. The van der Waals surface area contributed by atoms with Crippen LogP contribution in [0.2, 0.25) is 0 Å². The first kappa shape index (κ1) is 14.5. The number of hydrogen-bond acceptors (Lipinski definition) is 4. The minimum atomic E-state index is -0.114. The van der Waals surface area contributed by atoms with Crippen LogP contribution < -0.4 is 10.2 Å². The van der Waals surface area contributed by atoms with Crippen molar-refractivity contribution in [2.75, 3.05) is 11.4 Å². The van der Waals surface area contributed by atoms with Gasteiger partial charge in [0.2, 0.25) is 5.91 Å². The Morgan fingerprint density at radius 1 is 1.39 bits per heavy atom. The van der Waals surface area contributed by atoms with E-state index in [9.17, 15) is 9.59 Å². The van der Waals surface area contributed by atoms with E-state index in [0.29, 0.717) is 11.4 Å². The van der Waals surface area contributed by atoms with E-state index in [-0.39, 0.29) is 17.7 Å². The van der Waals surface area contributed by atoms with Crippen LogP contribution in [0.5, 0.6) is 0 Å². The highest BCUT2D eigenvalue weighted by molar-refractivity contribution is 7.14. The van der Waals surface area contributed by atoms with Gasteiger partial charge in [-0.15, -0.1) is 11.3 Å². The first-order valence-electron chi connectivity index (χ1n) is 7.89. The fourth-order valence-electron chi connectivity index (χ4n) is 2.89. The molecular formula is C17H18N2O3S. The van der Waals surface area contributed by atoms with E-state index in [4.69, 9.17) is 4.42 Å². The van der Waals surface area contributed by atoms with Crippen molar-refractivity contribution in [2.24, 2.45) is 5.92 Å². The first-order chi connectivity index (χ1) is 11.1. The van der Waals surface area contributed by atoms with Gasteiger partial charge in [-0.3, -0.25) is 9.59 Å². The number of nitrogens with one attached hydrogen (secondary N) is 1. The molecule has 2 aromatic heterocycles. The highest BCUT2D eigenvalue weighted by atomic mass is 32.1. The minimum Gasteiger partial charge on any atom is -0.465 e. The Morgan fingerprint density at radius 2 is 2.22 bits per heavy atom. The second-order valence-electron chi connectivity index (χ2n) is 6.13.